The normalized spacial score (nSPS) is 9.30. The Kier molecular flexibility index (Phi) is 1.85. The van der Waals surface area contributed by atoms with Crippen LogP contribution in [-0.2, 0) is 0 Å². The van der Waals surface area contributed by atoms with Crippen LogP contribution in [0.4, 0.5) is 0 Å². The molecule has 48 valence electrons. The second kappa shape index (κ2) is 2.65. The first-order valence-corrected chi connectivity index (χ1v) is 2.92. The lowest BCUT2D eigenvalue weighted by Gasteiger charge is -1.99. The number of aldehydes is 1. The Bertz CT molecular complexity index is 240. The zero-order valence-corrected chi connectivity index (χ0v) is 5.66. The van der Waals surface area contributed by atoms with Gasteiger partial charge in [0.25, 0.3) is 0 Å². The number of rotatable bonds is 1. The molecule has 0 unspecified atom stereocenters. The van der Waals surface area contributed by atoms with E-state index in [-0.39, 0.29) is 0 Å². The Morgan fingerprint density at radius 1 is 1.70 bits per heavy atom. The summed E-state index contributed by atoms with van der Waals surface area (Å²) in [7, 11) is 5.39. The lowest BCUT2D eigenvalue weighted by molar-refractivity contribution is 0.112. The van der Waals surface area contributed by atoms with E-state index in [1.165, 1.54) is 0 Å². The van der Waals surface area contributed by atoms with Crippen LogP contribution in [0, 0.1) is 6.92 Å². The molecule has 0 N–H and O–H groups in total. The number of pyridine rings is 1. The third kappa shape index (κ3) is 1.08. The van der Waals surface area contributed by atoms with Crippen molar-refractivity contribution < 1.29 is 4.79 Å². The van der Waals surface area contributed by atoms with Gasteiger partial charge in [-0.15, -0.1) is 0 Å². The molecule has 0 aromatic carbocycles. The number of aryl methyl sites for hydroxylation is 1. The molecule has 0 amide bonds. The topological polar surface area (TPSA) is 30.0 Å². The molecule has 0 atom stereocenters. The number of carbonyl (C=O) groups is 1. The molecule has 1 heterocycles. The molecule has 2 radical (unpaired) electrons. The van der Waals surface area contributed by atoms with E-state index >= 15 is 0 Å². The summed E-state index contributed by atoms with van der Waals surface area (Å²) in [5.74, 6) is 0. The summed E-state index contributed by atoms with van der Waals surface area (Å²) in [6.45, 7) is 1.82. The Morgan fingerprint density at radius 2 is 2.40 bits per heavy atom. The molecule has 1 rings (SSSR count). The van der Waals surface area contributed by atoms with Gasteiger partial charge in [0.2, 0.25) is 0 Å². The van der Waals surface area contributed by atoms with Crippen LogP contribution in [0.15, 0.2) is 12.3 Å². The average molecular weight is 131 g/mol. The second-order valence-electron chi connectivity index (χ2n) is 2.04. The van der Waals surface area contributed by atoms with Crippen molar-refractivity contribution in [2.24, 2.45) is 0 Å². The average Bonchev–Trinajstić information content (AvgIpc) is 1.88. The van der Waals surface area contributed by atoms with Crippen LogP contribution in [0.5, 0.6) is 0 Å². The first-order chi connectivity index (χ1) is 4.75. The molecule has 0 fully saturated rings. The summed E-state index contributed by atoms with van der Waals surface area (Å²) < 4.78 is 0. The van der Waals surface area contributed by atoms with Crippen LogP contribution in [-0.4, -0.2) is 19.1 Å². The molecule has 0 aliphatic rings. The number of hydrogen-bond acceptors (Lipinski definition) is 2. The molecule has 1 aromatic heterocycles. The maximum Gasteiger partial charge on any atom is 0.151 e. The van der Waals surface area contributed by atoms with Crippen molar-refractivity contribution >= 4 is 19.7 Å². The van der Waals surface area contributed by atoms with Gasteiger partial charge in [0.15, 0.2) is 6.29 Å². The van der Waals surface area contributed by atoms with E-state index in [1.54, 1.807) is 12.3 Å². The molecular weight excluding hydrogens is 125 g/mol. The first kappa shape index (κ1) is 7.00. The van der Waals surface area contributed by atoms with Gasteiger partial charge in [-0.05, 0) is 24.1 Å². The maximum atomic E-state index is 10.3. The van der Waals surface area contributed by atoms with Gasteiger partial charge in [-0.3, -0.25) is 9.78 Å². The molecule has 0 aliphatic carbocycles. The van der Waals surface area contributed by atoms with Gasteiger partial charge in [0.05, 0.1) is 0 Å². The molecule has 0 aliphatic heterocycles. The van der Waals surface area contributed by atoms with Gasteiger partial charge in [-0.1, -0.05) is 0 Å². The zero-order valence-electron chi connectivity index (χ0n) is 5.66. The molecule has 10 heavy (non-hydrogen) atoms. The van der Waals surface area contributed by atoms with Crippen LogP contribution in [0.25, 0.3) is 0 Å². The summed E-state index contributed by atoms with van der Waals surface area (Å²) in [6.07, 6.45) is 2.30. The van der Waals surface area contributed by atoms with E-state index in [0.29, 0.717) is 11.2 Å². The predicted molar refractivity (Wildman–Crippen MR) is 39.7 cm³/mol. The summed E-state index contributed by atoms with van der Waals surface area (Å²) >= 11 is 0. The molecule has 0 saturated heterocycles. The minimum atomic E-state index is 0.301. The van der Waals surface area contributed by atoms with E-state index in [9.17, 15) is 4.79 Å². The third-order valence-corrected chi connectivity index (χ3v) is 1.36. The van der Waals surface area contributed by atoms with Crippen molar-refractivity contribution in [3.63, 3.8) is 0 Å². The lowest BCUT2D eigenvalue weighted by Crippen LogP contribution is -2.15. The summed E-state index contributed by atoms with van der Waals surface area (Å²) in [5.41, 5.74) is 1.65. The summed E-state index contributed by atoms with van der Waals surface area (Å²) in [4.78, 5) is 14.1. The Morgan fingerprint density at radius 3 is 2.80 bits per heavy atom. The zero-order chi connectivity index (χ0) is 7.56. The summed E-state index contributed by atoms with van der Waals surface area (Å²) in [5, 5.41) is 0. The monoisotopic (exact) mass is 131 g/mol. The highest BCUT2D eigenvalue weighted by Gasteiger charge is 1.98. The minimum absolute atomic E-state index is 0.301. The van der Waals surface area contributed by atoms with E-state index in [0.717, 1.165) is 11.8 Å². The van der Waals surface area contributed by atoms with Gasteiger partial charge < -0.3 is 0 Å². The van der Waals surface area contributed by atoms with Crippen LogP contribution >= 0.6 is 0 Å². The number of hydrogen-bond donors (Lipinski definition) is 0. The van der Waals surface area contributed by atoms with E-state index in [2.05, 4.69) is 4.98 Å². The highest BCUT2D eigenvalue weighted by atomic mass is 16.1. The van der Waals surface area contributed by atoms with E-state index < -0.39 is 0 Å². The molecule has 2 nitrogen and oxygen atoms in total. The van der Waals surface area contributed by atoms with Crippen molar-refractivity contribution in [1.29, 1.82) is 0 Å². The third-order valence-electron chi connectivity index (χ3n) is 1.36. The first-order valence-electron chi connectivity index (χ1n) is 2.92. The van der Waals surface area contributed by atoms with Crippen molar-refractivity contribution in [1.82, 2.24) is 4.98 Å². The van der Waals surface area contributed by atoms with Crippen molar-refractivity contribution in [3.05, 3.63) is 23.4 Å². The van der Waals surface area contributed by atoms with Gasteiger partial charge in [-0.25, -0.2) is 0 Å². The number of aromatic nitrogens is 1. The van der Waals surface area contributed by atoms with E-state index in [4.69, 9.17) is 7.85 Å². The van der Waals surface area contributed by atoms with Crippen LogP contribution in [0.1, 0.15) is 15.9 Å². The highest BCUT2D eigenvalue weighted by molar-refractivity contribution is 6.33. The largest absolute Gasteiger partial charge is 0.298 e. The maximum absolute atomic E-state index is 10.3. The summed E-state index contributed by atoms with van der Waals surface area (Å²) in [6, 6.07) is 1.75. The molecule has 3 heteroatoms. The van der Waals surface area contributed by atoms with Crippen molar-refractivity contribution in [2.75, 3.05) is 0 Å². The lowest BCUT2D eigenvalue weighted by atomic mass is 9.95. The van der Waals surface area contributed by atoms with Gasteiger partial charge in [0, 0.05) is 11.8 Å². The predicted octanol–water partition coefficient (Wildman–Crippen LogP) is -0.00368. The number of carbonyl (C=O) groups excluding carboxylic acids is 1. The Hall–Kier alpha value is -1.12. The van der Waals surface area contributed by atoms with Crippen LogP contribution < -0.4 is 5.59 Å². The van der Waals surface area contributed by atoms with Crippen LogP contribution in [0.2, 0.25) is 0 Å². The minimum Gasteiger partial charge on any atom is -0.298 e. The van der Waals surface area contributed by atoms with Crippen molar-refractivity contribution in [2.45, 2.75) is 6.92 Å². The fourth-order valence-electron chi connectivity index (χ4n) is 0.744. The molecule has 0 saturated carbocycles. The fraction of sp³-hybridized carbons (Fsp3) is 0.143. The second-order valence-corrected chi connectivity index (χ2v) is 2.04. The molecule has 0 spiro atoms. The highest BCUT2D eigenvalue weighted by Crippen LogP contribution is 1.97. The van der Waals surface area contributed by atoms with E-state index in [1.807, 2.05) is 6.92 Å². The SMILES string of the molecule is [B]c1nccc(C)c1C=O. The van der Waals surface area contributed by atoms with Gasteiger partial charge in [0.1, 0.15) is 7.85 Å². The molecule has 0 bridgehead atoms. The Balaban J connectivity index is 3.30. The van der Waals surface area contributed by atoms with Gasteiger partial charge in [-0.2, -0.15) is 0 Å². The van der Waals surface area contributed by atoms with Gasteiger partial charge >= 0.3 is 0 Å². The van der Waals surface area contributed by atoms with Crippen LogP contribution in [0.3, 0.4) is 0 Å². The smallest absolute Gasteiger partial charge is 0.151 e. The number of nitrogens with zero attached hydrogens (tertiary/aromatic N) is 1. The quantitative estimate of drug-likeness (QED) is 0.396. The van der Waals surface area contributed by atoms with Crippen molar-refractivity contribution in [3.8, 4) is 0 Å². The Labute approximate surface area is 60.7 Å². The fourth-order valence-corrected chi connectivity index (χ4v) is 0.744. The molecular formula is C7H6BNO. The molecule has 1 aromatic rings. The standard InChI is InChI=1S/C7H6BNO/c1-5-2-3-9-7(8)6(5)4-10/h2-4H,1H3.